The highest BCUT2D eigenvalue weighted by molar-refractivity contribution is 6.09. The van der Waals surface area contributed by atoms with Gasteiger partial charge in [-0.25, -0.2) is 0 Å². The topological polar surface area (TPSA) is 73.1 Å². The number of phenols is 1. The smallest absolute Gasteiger partial charge is 0.416 e. The summed E-state index contributed by atoms with van der Waals surface area (Å²) in [5, 5.41) is 22.7. The Balaban J connectivity index is 2.49. The molecule has 170 valence electrons. The Morgan fingerprint density at radius 3 is 1.97 bits per heavy atom. The van der Waals surface area contributed by atoms with E-state index >= 15 is 0 Å². The second-order valence-electron chi connectivity index (χ2n) is 9.67. The second-order valence-corrected chi connectivity index (χ2v) is 9.67. The van der Waals surface area contributed by atoms with Gasteiger partial charge < -0.3 is 10.4 Å². The van der Waals surface area contributed by atoms with Gasteiger partial charge in [0, 0.05) is 16.8 Å². The standard InChI is InChI=1S/C25H27F3N2O2/c1-23(2,3)19-11-15(12-20(21(19)31)24(4,5)6)10-16(14-29)22(32)30-18-9-7-8-17(13-18)25(26,27)28/h7-13,31H,1-6H3,(H,30,32)/b16-10-. The molecule has 0 aliphatic heterocycles. The Kier molecular flexibility index (Phi) is 6.79. The molecule has 0 atom stereocenters. The first-order valence-electron chi connectivity index (χ1n) is 10.0. The molecule has 1 amide bonds. The largest absolute Gasteiger partial charge is 0.507 e. The lowest BCUT2D eigenvalue weighted by Crippen LogP contribution is -2.18. The second kappa shape index (κ2) is 8.70. The molecule has 0 aliphatic rings. The van der Waals surface area contributed by atoms with Gasteiger partial charge in [0.25, 0.3) is 5.91 Å². The number of alkyl halides is 3. The molecule has 0 spiro atoms. The van der Waals surface area contributed by atoms with Crippen LogP contribution in [0.15, 0.2) is 42.0 Å². The zero-order valence-electron chi connectivity index (χ0n) is 19.0. The van der Waals surface area contributed by atoms with Crippen molar-refractivity contribution in [3.8, 4) is 11.8 Å². The normalized spacial score (nSPS) is 12.9. The highest BCUT2D eigenvalue weighted by atomic mass is 19.4. The Hall–Kier alpha value is -3.27. The van der Waals surface area contributed by atoms with Crippen molar-refractivity contribution in [2.24, 2.45) is 0 Å². The SMILES string of the molecule is CC(C)(C)c1cc(/C=C(/C#N)C(=O)Nc2cccc(C(F)(F)F)c2)cc(C(C)(C)C)c1O. The third kappa shape index (κ3) is 5.91. The number of aromatic hydroxyl groups is 1. The molecular formula is C25H27F3N2O2. The Morgan fingerprint density at radius 1 is 1.00 bits per heavy atom. The number of phenolic OH excluding ortho intramolecular Hbond substituents is 1. The summed E-state index contributed by atoms with van der Waals surface area (Å²) in [5.74, 6) is -0.663. The maximum Gasteiger partial charge on any atom is 0.416 e. The van der Waals surface area contributed by atoms with Gasteiger partial charge in [-0.15, -0.1) is 0 Å². The van der Waals surface area contributed by atoms with Gasteiger partial charge in [0.1, 0.15) is 17.4 Å². The summed E-state index contributed by atoms with van der Waals surface area (Å²) in [6, 6.07) is 9.43. The lowest BCUT2D eigenvalue weighted by molar-refractivity contribution is -0.137. The quantitative estimate of drug-likeness (QED) is 0.416. The highest BCUT2D eigenvalue weighted by Crippen LogP contribution is 2.40. The minimum absolute atomic E-state index is 0.0672. The van der Waals surface area contributed by atoms with Gasteiger partial charge in [0.2, 0.25) is 0 Å². The van der Waals surface area contributed by atoms with Crippen LogP contribution in [0.2, 0.25) is 0 Å². The van der Waals surface area contributed by atoms with Crippen LogP contribution in [0.5, 0.6) is 5.75 Å². The third-order valence-corrected chi connectivity index (χ3v) is 4.87. The van der Waals surface area contributed by atoms with Gasteiger partial charge >= 0.3 is 6.18 Å². The number of nitriles is 1. The molecule has 0 bridgehead atoms. The summed E-state index contributed by atoms with van der Waals surface area (Å²) in [4.78, 5) is 12.6. The zero-order valence-corrected chi connectivity index (χ0v) is 19.0. The van der Waals surface area contributed by atoms with Gasteiger partial charge in [0.05, 0.1) is 5.56 Å². The lowest BCUT2D eigenvalue weighted by Gasteiger charge is -2.28. The van der Waals surface area contributed by atoms with E-state index in [0.29, 0.717) is 16.7 Å². The summed E-state index contributed by atoms with van der Waals surface area (Å²) >= 11 is 0. The van der Waals surface area contributed by atoms with Gasteiger partial charge in [-0.2, -0.15) is 18.4 Å². The van der Waals surface area contributed by atoms with Crippen molar-refractivity contribution in [1.82, 2.24) is 0 Å². The Bertz CT molecular complexity index is 1060. The molecule has 4 nitrogen and oxygen atoms in total. The van der Waals surface area contributed by atoms with E-state index in [2.05, 4.69) is 5.32 Å². The van der Waals surface area contributed by atoms with E-state index in [4.69, 9.17) is 0 Å². The van der Waals surface area contributed by atoms with Crippen molar-refractivity contribution >= 4 is 17.7 Å². The first-order valence-corrected chi connectivity index (χ1v) is 10.0. The van der Waals surface area contributed by atoms with E-state index in [1.807, 2.05) is 47.6 Å². The van der Waals surface area contributed by atoms with E-state index < -0.39 is 28.5 Å². The molecule has 2 aromatic rings. The molecule has 0 aliphatic carbocycles. The summed E-state index contributed by atoms with van der Waals surface area (Å²) in [6.45, 7) is 11.6. The molecule has 7 heteroatoms. The predicted molar refractivity (Wildman–Crippen MR) is 119 cm³/mol. The van der Waals surface area contributed by atoms with E-state index in [9.17, 15) is 28.3 Å². The Labute approximate surface area is 186 Å². The van der Waals surface area contributed by atoms with E-state index in [-0.39, 0.29) is 17.0 Å². The molecule has 2 aromatic carbocycles. The van der Waals surface area contributed by atoms with Crippen LogP contribution in [0.3, 0.4) is 0 Å². The molecule has 0 saturated carbocycles. The molecule has 2 N–H and O–H groups in total. The number of carbonyl (C=O) groups excluding carboxylic acids is 1. The van der Waals surface area contributed by atoms with E-state index in [1.165, 1.54) is 18.2 Å². The minimum Gasteiger partial charge on any atom is -0.507 e. The van der Waals surface area contributed by atoms with Crippen molar-refractivity contribution in [3.63, 3.8) is 0 Å². The monoisotopic (exact) mass is 444 g/mol. The molecule has 0 aromatic heterocycles. The first-order chi connectivity index (χ1) is 14.5. The number of rotatable bonds is 3. The lowest BCUT2D eigenvalue weighted by atomic mass is 9.78. The molecule has 0 unspecified atom stereocenters. The van der Waals surface area contributed by atoms with Crippen LogP contribution in [0, 0.1) is 11.3 Å². The number of hydrogen-bond acceptors (Lipinski definition) is 3. The minimum atomic E-state index is -4.55. The summed E-state index contributed by atoms with van der Waals surface area (Å²) < 4.78 is 38.8. The fourth-order valence-electron chi connectivity index (χ4n) is 3.17. The summed E-state index contributed by atoms with van der Waals surface area (Å²) in [6.07, 6.45) is -3.18. The van der Waals surface area contributed by atoms with Crippen LogP contribution in [0.25, 0.3) is 6.08 Å². The molecule has 2 rings (SSSR count). The van der Waals surface area contributed by atoms with Gasteiger partial charge in [-0.3, -0.25) is 4.79 Å². The number of hydrogen-bond donors (Lipinski definition) is 2. The number of amides is 1. The van der Waals surface area contributed by atoms with Crippen molar-refractivity contribution in [2.75, 3.05) is 5.32 Å². The number of benzene rings is 2. The number of nitrogens with one attached hydrogen (secondary N) is 1. The summed E-state index contributed by atoms with van der Waals surface area (Å²) in [5.41, 5.74) is -0.190. The van der Waals surface area contributed by atoms with Crippen molar-refractivity contribution in [1.29, 1.82) is 5.26 Å². The van der Waals surface area contributed by atoms with Gasteiger partial charge in [-0.05, 0) is 52.8 Å². The fourth-order valence-corrected chi connectivity index (χ4v) is 3.17. The van der Waals surface area contributed by atoms with Crippen LogP contribution >= 0.6 is 0 Å². The highest BCUT2D eigenvalue weighted by Gasteiger charge is 2.30. The average Bonchev–Trinajstić information content (AvgIpc) is 2.64. The molecule has 32 heavy (non-hydrogen) atoms. The molecule has 0 heterocycles. The molecule has 0 saturated heterocycles. The average molecular weight is 444 g/mol. The molecule has 0 radical (unpaired) electrons. The van der Waals surface area contributed by atoms with Crippen LogP contribution in [-0.2, 0) is 21.8 Å². The maximum atomic E-state index is 12.9. The van der Waals surface area contributed by atoms with Crippen molar-refractivity contribution in [2.45, 2.75) is 58.5 Å². The first kappa shape index (κ1) is 25.0. The number of carbonyl (C=O) groups is 1. The van der Waals surface area contributed by atoms with Crippen molar-refractivity contribution in [3.05, 3.63) is 64.2 Å². The molecular weight excluding hydrogens is 417 g/mol. The number of nitrogens with zero attached hydrogens (tertiary/aromatic N) is 1. The van der Waals surface area contributed by atoms with E-state index in [1.54, 1.807) is 12.1 Å². The molecule has 0 fully saturated rings. The van der Waals surface area contributed by atoms with Crippen LogP contribution in [0.4, 0.5) is 18.9 Å². The van der Waals surface area contributed by atoms with Gasteiger partial charge in [-0.1, -0.05) is 47.6 Å². The summed E-state index contributed by atoms with van der Waals surface area (Å²) in [7, 11) is 0. The number of anilines is 1. The number of halogens is 3. The zero-order chi connectivity index (χ0) is 24.5. The maximum absolute atomic E-state index is 12.9. The Morgan fingerprint density at radius 2 is 1.53 bits per heavy atom. The van der Waals surface area contributed by atoms with E-state index in [0.717, 1.165) is 12.1 Å². The van der Waals surface area contributed by atoms with Crippen molar-refractivity contribution < 1.29 is 23.1 Å². The van der Waals surface area contributed by atoms with Crippen LogP contribution in [0.1, 0.15) is 63.8 Å². The van der Waals surface area contributed by atoms with Crippen LogP contribution < -0.4 is 5.32 Å². The predicted octanol–water partition coefficient (Wildman–Crippen LogP) is 6.55. The third-order valence-electron chi connectivity index (χ3n) is 4.87. The fraction of sp³-hybridized carbons (Fsp3) is 0.360. The van der Waals surface area contributed by atoms with Crippen LogP contribution in [-0.4, -0.2) is 11.0 Å². The van der Waals surface area contributed by atoms with Gasteiger partial charge in [0.15, 0.2) is 0 Å².